The molecule has 14 heteroatoms. The molecule has 10 nitrogen and oxygen atoms in total. The standard InChI is InChI=1S/C32H31F4N7O3/c1-16-12-19(13-17(2)26(16)33)43-28(25-22(38-43)14-18-6-8-23(25)42(18)31(45)46-32(3,4)5)40-11-10-39(30(40)44)24-9-7-21-20(27(24)34)15-41(37-21)29(35)36/h7,9-13,15,18,23,29H,6,8,14H2,1-5H3/t18-,23+/m1/s1. The fourth-order valence-electron chi connectivity index (χ4n) is 6.67. The molecule has 1 fully saturated rings. The number of aromatic nitrogens is 6. The Morgan fingerprint density at radius 1 is 1.00 bits per heavy atom. The first kappa shape index (κ1) is 29.8. The lowest BCUT2D eigenvalue weighted by atomic mass is 9.99. The third-order valence-corrected chi connectivity index (χ3v) is 8.59. The molecule has 7 rings (SSSR count). The van der Waals surface area contributed by atoms with Crippen molar-refractivity contribution in [2.45, 2.75) is 78.1 Å². The summed E-state index contributed by atoms with van der Waals surface area (Å²) in [6.45, 7) is 5.70. The number of imidazole rings is 1. The lowest BCUT2D eigenvalue weighted by Gasteiger charge is -2.35. The second-order valence-electron chi connectivity index (χ2n) is 12.9. The van der Waals surface area contributed by atoms with Gasteiger partial charge in [0.25, 0.3) is 0 Å². The molecule has 2 aliphatic heterocycles. The van der Waals surface area contributed by atoms with E-state index in [0.717, 1.165) is 10.8 Å². The molecule has 2 atom stereocenters. The van der Waals surface area contributed by atoms with Crippen molar-refractivity contribution in [1.82, 2.24) is 33.6 Å². The number of hydrogen-bond acceptors (Lipinski definition) is 5. The number of alkyl halides is 2. The van der Waals surface area contributed by atoms with Gasteiger partial charge < -0.3 is 4.74 Å². The molecule has 3 aromatic heterocycles. The first-order chi connectivity index (χ1) is 21.7. The first-order valence-electron chi connectivity index (χ1n) is 14.9. The minimum atomic E-state index is -2.96. The molecule has 5 aromatic rings. The van der Waals surface area contributed by atoms with Crippen LogP contribution in [0.3, 0.4) is 0 Å². The van der Waals surface area contributed by atoms with E-state index in [1.54, 1.807) is 56.3 Å². The van der Waals surface area contributed by atoms with E-state index < -0.39 is 35.8 Å². The van der Waals surface area contributed by atoms with Gasteiger partial charge in [0, 0.05) is 36.6 Å². The van der Waals surface area contributed by atoms with Gasteiger partial charge in [-0.05, 0) is 82.9 Å². The van der Waals surface area contributed by atoms with E-state index in [0.29, 0.717) is 57.8 Å². The number of benzene rings is 2. The van der Waals surface area contributed by atoms with Crippen molar-refractivity contribution < 1.29 is 27.1 Å². The predicted molar refractivity (Wildman–Crippen MR) is 160 cm³/mol. The predicted octanol–water partition coefficient (Wildman–Crippen LogP) is 6.45. The molecule has 1 amide bonds. The highest BCUT2D eigenvalue weighted by Crippen LogP contribution is 2.47. The smallest absolute Gasteiger partial charge is 0.411 e. The van der Waals surface area contributed by atoms with Crippen LogP contribution in [0.15, 0.2) is 47.7 Å². The number of fused-ring (bicyclic) bond motifs is 5. The maximum atomic E-state index is 15.7. The van der Waals surface area contributed by atoms with Crippen molar-refractivity contribution in [1.29, 1.82) is 0 Å². The third-order valence-electron chi connectivity index (χ3n) is 8.59. The zero-order chi connectivity index (χ0) is 32.8. The number of carbonyl (C=O) groups is 1. The number of hydrogen-bond donors (Lipinski definition) is 0. The van der Waals surface area contributed by atoms with Crippen molar-refractivity contribution in [2.24, 2.45) is 0 Å². The molecular weight excluding hydrogens is 606 g/mol. The zero-order valence-electron chi connectivity index (χ0n) is 25.8. The second kappa shape index (κ2) is 10.3. The van der Waals surface area contributed by atoms with Crippen LogP contribution in [0.25, 0.3) is 28.1 Å². The highest BCUT2D eigenvalue weighted by Gasteiger charge is 2.48. The van der Waals surface area contributed by atoms with Crippen LogP contribution in [0, 0.1) is 25.5 Å². The second-order valence-corrected chi connectivity index (χ2v) is 12.9. The summed E-state index contributed by atoms with van der Waals surface area (Å²) in [6, 6.07) is 5.31. The molecule has 0 saturated carbocycles. The van der Waals surface area contributed by atoms with E-state index in [4.69, 9.17) is 9.84 Å². The van der Waals surface area contributed by atoms with Gasteiger partial charge in [0.1, 0.15) is 17.2 Å². The van der Waals surface area contributed by atoms with Crippen LogP contribution in [-0.4, -0.2) is 51.3 Å². The maximum absolute atomic E-state index is 15.7. The van der Waals surface area contributed by atoms with Crippen LogP contribution in [0.2, 0.25) is 0 Å². The van der Waals surface area contributed by atoms with E-state index in [1.807, 2.05) is 0 Å². The normalized spacial score (nSPS) is 17.7. The average molecular weight is 638 g/mol. The summed E-state index contributed by atoms with van der Waals surface area (Å²) in [7, 11) is 0. The SMILES string of the molecule is Cc1cc(-n2nc3c(c2-n2ccn(-c4ccc5nn(C(F)F)cc5c4F)c2=O)[C@@H]2CC[C@H](C3)N2C(=O)OC(C)(C)C)cc(C)c1F. The van der Waals surface area contributed by atoms with Crippen molar-refractivity contribution >= 4 is 17.0 Å². The van der Waals surface area contributed by atoms with Gasteiger partial charge in [-0.1, -0.05) is 0 Å². The van der Waals surface area contributed by atoms with E-state index >= 15 is 4.39 Å². The molecule has 0 radical (unpaired) electrons. The van der Waals surface area contributed by atoms with Crippen molar-refractivity contribution in [3.63, 3.8) is 0 Å². The number of aryl methyl sites for hydroxylation is 2. The summed E-state index contributed by atoms with van der Waals surface area (Å²) < 4.78 is 67.0. The van der Waals surface area contributed by atoms with Gasteiger partial charge in [0.05, 0.1) is 34.0 Å². The molecule has 5 heterocycles. The van der Waals surface area contributed by atoms with Crippen molar-refractivity contribution in [3.05, 3.63) is 87.4 Å². The summed E-state index contributed by atoms with van der Waals surface area (Å²) in [5.74, 6) is -0.920. The van der Waals surface area contributed by atoms with Gasteiger partial charge in [-0.25, -0.2) is 27.7 Å². The minimum Gasteiger partial charge on any atom is -0.444 e. The largest absolute Gasteiger partial charge is 0.444 e. The van der Waals surface area contributed by atoms with Gasteiger partial charge in [-0.15, -0.1) is 0 Å². The van der Waals surface area contributed by atoms with Gasteiger partial charge in [-0.2, -0.15) is 19.0 Å². The minimum absolute atomic E-state index is 0.0150. The number of amides is 1. The molecule has 2 aliphatic rings. The van der Waals surface area contributed by atoms with Gasteiger partial charge in [0.2, 0.25) is 0 Å². The highest BCUT2D eigenvalue weighted by molar-refractivity contribution is 5.81. The fraction of sp³-hybridized carbons (Fsp3) is 0.375. The molecule has 2 aromatic carbocycles. The third kappa shape index (κ3) is 4.60. The van der Waals surface area contributed by atoms with Crippen LogP contribution in [0.5, 0.6) is 0 Å². The topological polar surface area (TPSA) is 92.1 Å². The lowest BCUT2D eigenvalue weighted by Crippen LogP contribution is -2.44. The number of ether oxygens (including phenoxy) is 1. The van der Waals surface area contributed by atoms with Gasteiger partial charge in [-0.3, -0.25) is 14.0 Å². The van der Waals surface area contributed by atoms with Crippen molar-refractivity contribution in [2.75, 3.05) is 0 Å². The summed E-state index contributed by atoms with van der Waals surface area (Å²) in [4.78, 5) is 29.3. The average Bonchev–Trinajstić information content (AvgIpc) is 3.74. The van der Waals surface area contributed by atoms with Crippen LogP contribution < -0.4 is 5.69 Å². The van der Waals surface area contributed by atoms with Crippen LogP contribution >= 0.6 is 0 Å². The molecule has 0 aliphatic carbocycles. The first-order valence-corrected chi connectivity index (χ1v) is 14.9. The maximum Gasteiger partial charge on any atom is 0.411 e. The Hall–Kier alpha value is -4.88. The molecule has 1 saturated heterocycles. The Labute approximate surface area is 260 Å². The van der Waals surface area contributed by atoms with Crippen LogP contribution in [-0.2, 0) is 11.2 Å². The quantitative estimate of drug-likeness (QED) is 0.211. The molecule has 46 heavy (non-hydrogen) atoms. The molecule has 0 spiro atoms. The van der Waals surface area contributed by atoms with Crippen LogP contribution in [0.4, 0.5) is 22.4 Å². The zero-order valence-corrected chi connectivity index (χ0v) is 25.8. The van der Waals surface area contributed by atoms with Gasteiger partial charge >= 0.3 is 18.3 Å². The van der Waals surface area contributed by atoms with E-state index in [-0.39, 0.29) is 28.4 Å². The summed E-state index contributed by atoms with van der Waals surface area (Å²) in [6.07, 6.45) is 4.99. The Kier molecular flexibility index (Phi) is 6.69. The summed E-state index contributed by atoms with van der Waals surface area (Å²) in [5.41, 5.74) is 1.08. The number of halogens is 4. The fourth-order valence-corrected chi connectivity index (χ4v) is 6.67. The summed E-state index contributed by atoms with van der Waals surface area (Å²) >= 11 is 0. The van der Waals surface area contributed by atoms with E-state index in [2.05, 4.69) is 5.10 Å². The number of rotatable bonds is 4. The number of carbonyl (C=O) groups excluding carboxylic acids is 1. The van der Waals surface area contributed by atoms with Crippen molar-refractivity contribution in [3.8, 4) is 17.2 Å². The van der Waals surface area contributed by atoms with E-state index in [1.165, 1.54) is 29.1 Å². The number of nitrogens with zero attached hydrogens (tertiary/aromatic N) is 7. The van der Waals surface area contributed by atoms with E-state index in [9.17, 15) is 22.8 Å². The Morgan fingerprint density at radius 2 is 1.70 bits per heavy atom. The highest BCUT2D eigenvalue weighted by atomic mass is 19.3. The lowest BCUT2D eigenvalue weighted by molar-refractivity contribution is 0.0124. The molecule has 0 N–H and O–H groups in total. The summed E-state index contributed by atoms with van der Waals surface area (Å²) in [5, 5.41) is 8.45. The molecular formula is C32H31F4N7O3. The van der Waals surface area contributed by atoms with Gasteiger partial charge in [0.15, 0.2) is 5.82 Å². The Bertz CT molecular complexity index is 2080. The molecule has 0 unspecified atom stereocenters. The molecule has 2 bridgehead atoms. The Balaban J connectivity index is 1.42. The van der Waals surface area contributed by atoms with Crippen LogP contribution in [0.1, 0.15) is 68.6 Å². The molecule has 240 valence electrons. The Morgan fingerprint density at radius 3 is 2.37 bits per heavy atom. The monoisotopic (exact) mass is 637 g/mol.